The molecule has 11 heteroatoms. The molecule has 30 heavy (non-hydrogen) atoms. The molecule has 0 aromatic heterocycles. The number of carbonyl (C=O) groups is 3. The van der Waals surface area contributed by atoms with Crippen LogP contribution in [0.15, 0.2) is 48.5 Å². The minimum absolute atomic E-state index is 0.144. The lowest BCUT2D eigenvalue weighted by Gasteiger charge is -2.14. The summed E-state index contributed by atoms with van der Waals surface area (Å²) < 4.78 is 58.4. The van der Waals surface area contributed by atoms with Crippen molar-refractivity contribution in [2.45, 2.75) is 19.4 Å². The Morgan fingerprint density at radius 3 is 2.27 bits per heavy atom. The van der Waals surface area contributed by atoms with Gasteiger partial charge in [0.25, 0.3) is 11.8 Å². The van der Waals surface area contributed by atoms with Crippen LogP contribution in [0.3, 0.4) is 0 Å². The van der Waals surface area contributed by atoms with Crippen molar-refractivity contribution in [3.05, 3.63) is 59.9 Å². The molecular weight excluding hydrogens is 412 g/mol. The van der Waals surface area contributed by atoms with Crippen LogP contribution in [-0.2, 0) is 14.3 Å². The van der Waals surface area contributed by atoms with E-state index in [1.165, 1.54) is 37.3 Å². The van der Waals surface area contributed by atoms with Gasteiger partial charge >= 0.3 is 12.3 Å². The molecule has 2 rings (SSSR count). The second kappa shape index (κ2) is 9.72. The second-order valence-electron chi connectivity index (χ2n) is 5.86. The second-order valence-corrected chi connectivity index (χ2v) is 5.86. The number of rotatable bonds is 7. The first-order chi connectivity index (χ1) is 14.0. The van der Waals surface area contributed by atoms with Crippen LogP contribution in [0.5, 0.6) is 5.75 Å². The molecule has 0 aliphatic heterocycles. The summed E-state index contributed by atoms with van der Waals surface area (Å²) in [5.41, 5.74) is -0.112. The minimum atomic E-state index is -4.84. The van der Waals surface area contributed by atoms with E-state index in [2.05, 4.69) is 15.4 Å². The molecule has 0 fully saturated rings. The Morgan fingerprint density at radius 2 is 1.67 bits per heavy atom. The molecule has 0 saturated heterocycles. The number of anilines is 1. The van der Waals surface area contributed by atoms with Crippen LogP contribution in [0.4, 0.5) is 23.2 Å². The highest BCUT2D eigenvalue weighted by Crippen LogP contribution is 2.24. The minimum Gasteiger partial charge on any atom is -0.451 e. The summed E-state index contributed by atoms with van der Waals surface area (Å²) in [7, 11) is 0. The molecule has 1 unspecified atom stereocenters. The summed E-state index contributed by atoms with van der Waals surface area (Å²) in [6.45, 7) is 0.654. The van der Waals surface area contributed by atoms with E-state index in [0.29, 0.717) is 0 Å². The van der Waals surface area contributed by atoms with E-state index >= 15 is 0 Å². The van der Waals surface area contributed by atoms with Gasteiger partial charge in [-0.05, 0) is 43.3 Å². The molecule has 2 aromatic carbocycles. The summed E-state index contributed by atoms with van der Waals surface area (Å²) in [5, 5.41) is 4.51. The van der Waals surface area contributed by atoms with Gasteiger partial charge in [-0.3, -0.25) is 14.4 Å². The average molecular weight is 428 g/mol. The van der Waals surface area contributed by atoms with E-state index in [0.717, 1.165) is 18.2 Å². The van der Waals surface area contributed by atoms with Crippen LogP contribution in [0.2, 0.25) is 0 Å². The maximum Gasteiger partial charge on any atom is 0.573 e. The van der Waals surface area contributed by atoms with E-state index < -0.39 is 48.4 Å². The normalized spacial score (nSPS) is 11.9. The zero-order valence-corrected chi connectivity index (χ0v) is 15.5. The van der Waals surface area contributed by atoms with E-state index in [-0.39, 0.29) is 11.3 Å². The predicted molar refractivity (Wildman–Crippen MR) is 96.0 cm³/mol. The number of ether oxygens (including phenoxy) is 2. The first-order valence-corrected chi connectivity index (χ1v) is 8.44. The van der Waals surface area contributed by atoms with Gasteiger partial charge in [0.15, 0.2) is 6.10 Å². The van der Waals surface area contributed by atoms with Crippen molar-refractivity contribution < 1.29 is 41.4 Å². The van der Waals surface area contributed by atoms with Gasteiger partial charge in [-0.1, -0.05) is 12.1 Å². The third-order valence-corrected chi connectivity index (χ3v) is 3.54. The lowest BCUT2D eigenvalue weighted by atomic mass is 10.2. The van der Waals surface area contributed by atoms with Crippen LogP contribution >= 0.6 is 0 Å². The van der Waals surface area contributed by atoms with E-state index in [1.54, 1.807) is 0 Å². The quantitative estimate of drug-likeness (QED) is 0.522. The molecule has 0 saturated carbocycles. The number of alkyl halides is 3. The van der Waals surface area contributed by atoms with Crippen LogP contribution in [0, 0.1) is 5.82 Å². The monoisotopic (exact) mass is 428 g/mol. The molecule has 0 bridgehead atoms. The number of hydrogen-bond donors (Lipinski definition) is 2. The maximum atomic E-state index is 13.5. The van der Waals surface area contributed by atoms with Crippen molar-refractivity contribution in [1.82, 2.24) is 5.32 Å². The molecule has 0 aliphatic rings. The van der Waals surface area contributed by atoms with Gasteiger partial charge in [0.2, 0.25) is 0 Å². The molecule has 0 spiro atoms. The summed E-state index contributed by atoms with van der Waals surface area (Å²) in [5.74, 6) is -3.76. The first kappa shape index (κ1) is 22.7. The molecule has 2 aromatic rings. The summed E-state index contributed by atoms with van der Waals surface area (Å²) in [6.07, 6.45) is -6.11. The fraction of sp³-hybridized carbons (Fsp3) is 0.211. The Bertz CT molecular complexity index is 916. The van der Waals surface area contributed by atoms with Gasteiger partial charge in [-0.25, -0.2) is 4.39 Å². The zero-order valence-electron chi connectivity index (χ0n) is 15.5. The number of hydrogen-bond acceptors (Lipinski definition) is 5. The van der Waals surface area contributed by atoms with Crippen molar-refractivity contribution in [2.24, 2.45) is 0 Å². The average Bonchev–Trinajstić information content (AvgIpc) is 2.66. The lowest BCUT2D eigenvalue weighted by molar-refractivity contribution is -0.274. The molecule has 0 aliphatic carbocycles. The number of esters is 1. The standard InChI is InChI=1S/C19H16F4N2O5/c1-11(17(27)25-12-6-8-13(9-7-12)30-19(21,22)23)29-16(26)10-24-18(28)14-4-2-3-5-15(14)20/h2-9,11H,10H2,1H3,(H,24,28)(H,25,27). The Morgan fingerprint density at radius 1 is 1.03 bits per heavy atom. The number of halogens is 4. The van der Waals surface area contributed by atoms with Crippen LogP contribution in [0.25, 0.3) is 0 Å². The summed E-state index contributed by atoms with van der Waals surface area (Å²) in [6, 6.07) is 9.50. The van der Waals surface area contributed by atoms with Crippen molar-refractivity contribution in [2.75, 3.05) is 11.9 Å². The predicted octanol–water partition coefficient (Wildman–Crippen LogP) is 3.02. The SMILES string of the molecule is CC(OC(=O)CNC(=O)c1ccccc1F)C(=O)Nc1ccc(OC(F)(F)F)cc1. The van der Waals surface area contributed by atoms with E-state index in [1.807, 2.05) is 0 Å². The van der Waals surface area contributed by atoms with E-state index in [4.69, 9.17) is 4.74 Å². The molecule has 2 amide bonds. The number of carbonyl (C=O) groups excluding carboxylic acids is 3. The maximum absolute atomic E-state index is 13.5. The fourth-order valence-corrected chi connectivity index (χ4v) is 2.17. The molecule has 1 atom stereocenters. The Kier molecular flexibility index (Phi) is 7.34. The summed E-state index contributed by atoms with van der Waals surface area (Å²) in [4.78, 5) is 35.6. The Balaban J connectivity index is 1.81. The molecule has 7 nitrogen and oxygen atoms in total. The lowest BCUT2D eigenvalue weighted by Crippen LogP contribution is -2.36. The molecule has 0 radical (unpaired) electrons. The van der Waals surface area contributed by atoms with Gasteiger partial charge in [0, 0.05) is 5.69 Å². The third-order valence-electron chi connectivity index (χ3n) is 3.54. The highest BCUT2D eigenvalue weighted by Gasteiger charge is 2.31. The largest absolute Gasteiger partial charge is 0.573 e. The first-order valence-electron chi connectivity index (χ1n) is 8.44. The van der Waals surface area contributed by atoms with Gasteiger partial charge < -0.3 is 20.1 Å². The summed E-state index contributed by atoms with van der Waals surface area (Å²) >= 11 is 0. The molecule has 160 valence electrons. The molecule has 0 heterocycles. The van der Waals surface area contributed by atoms with Crippen LogP contribution < -0.4 is 15.4 Å². The highest BCUT2D eigenvalue weighted by atomic mass is 19.4. The van der Waals surface area contributed by atoms with Crippen molar-refractivity contribution in [3.63, 3.8) is 0 Å². The molecular formula is C19H16F4N2O5. The topological polar surface area (TPSA) is 93.7 Å². The van der Waals surface area contributed by atoms with Gasteiger partial charge in [0.1, 0.15) is 18.1 Å². The van der Waals surface area contributed by atoms with Crippen molar-refractivity contribution >= 4 is 23.5 Å². The Labute approximate surface area is 168 Å². The fourth-order valence-electron chi connectivity index (χ4n) is 2.17. The van der Waals surface area contributed by atoms with Crippen LogP contribution in [-0.4, -0.2) is 36.8 Å². The van der Waals surface area contributed by atoms with Crippen molar-refractivity contribution in [1.29, 1.82) is 0 Å². The zero-order chi connectivity index (χ0) is 22.3. The smallest absolute Gasteiger partial charge is 0.451 e. The third kappa shape index (κ3) is 7.08. The highest BCUT2D eigenvalue weighted by molar-refractivity contribution is 5.97. The van der Waals surface area contributed by atoms with Gasteiger partial charge in [0.05, 0.1) is 5.56 Å². The molecule has 2 N–H and O–H groups in total. The number of amides is 2. The van der Waals surface area contributed by atoms with Gasteiger partial charge in [-0.15, -0.1) is 13.2 Å². The van der Waals surface area contributed by atoms with Gasteiger partial charge in [-0.2, -0.15) is 0 Å². The Hall–Kier alpha value is -3.63. The van der Waals surface area contributed by atoms with Crippen molar-refractivity contribution in [3.8, 4) is 5.75 Å². The number of nitrogens with one attached hydrogen (secondary N) is 2. The van der Waals surface area contributed by atoms with E-state index in [9.17, 15) is 31.9 Å². The number of benzene rings is 2. The van der Waals surface area contributed by atoms with Crippen LogP contribution in [0.1, 0.15) is 17.3 Å².